The molecule has 1 aliphatic heterocycles. The molecule has 0 aliphatic carbocycles. The van der Waals surface area contributed by atoms with Crippen molar-refractivity contribution in [2.75, 3.05) is 39.0 Å². The van der Waals surface area contributed by atoms with Crippen LogP contribution < -0.4 is 0 Å². The number of nitrogens with zero attached hydrogens (tertiary/aromatic N) is 4. The van der Waals surface area contributed by atoms with Crippen LogP contribution in [-0.4, -0.2) is 58.3 Å². The molecule has 0 N–H and O–H groups in total. The Morgan fingerprint density at radius 3 is 2.65 bits per heavy atom. The first-order valence-corrected chi connectivity index (χ1v) is 8.25. The Morgan fingerprint density at radius 2 is 1.90 bits per heavy atom. The van der Waals surface area contributed by atoms with Gasteiger partial charge in [0.25, 0.3) is 0 Å². The summed E-state index contributed by atoms with van der Waals surface area (Å²) in [6.07, 6.45) is 0. The lowest BCUT2D eigenvalue weighted by Gasteiger charge is -2.32. The number of hydrogen-bond donors (Lipinski definition) is 0. The molecule has 1 saturated heterocycles. The number of thioether (sulfide) groups is 1. The first-order valence-electron chi connectivity index (χ1n) is 7.27. The Hall–Kier alpha value is -1.04. The molecular formula is C15H22N4S. The lowest BCUT2D eigenvalue weighted by Crippen LogP contribution is -2.44. The standard InChI is InChI=1S/C15H22N4S/c1-3-20-15-16-13-6-4-5-7-14(13)19(15)12-18-10-8-17(2)9-11-18/h4-7H,3,8-12H2,1-2H3. The van der Waals surface area contributed by atoms with E-state index in [1.807, 2.05) is 11.8 Å². The normalized spacial score (nSPS) is 17.9. The van der Waals surface area contributed by atoms with Crippen LogP contribution in [0.2, 0.25) is 0 Å². The topological polar surface area (TPSA) is 24.3 Å². The third-order valence-corrected chi connectivity index (χ3v) is 4.69. The van der Waals surface area contributed by atoms with Crippen LogP contribution in [-0.2, 0) is 6.67 Å². The van der Waals surface area contributed by atoms with Crippen molar-refractivity contribution in [3.63, 3.8) is 0 Å². The van der Waals surface area contributed by atoms with Crippen molar-refractivity contribution in [2.24, 2.45) is 0 Å². The Morgan fingerprint density at radius 1 is 1.15 bits per heavy atom. The highest BCUT2D eigenvalue weighted by atomic mass is 32.2. The van der Waals surface area contributed by atoms with Gasteiger partial charge in [0.05, 0.1) is 17.7 Å². The second kappa shape index (κ2) is 6.16. The third-order valence-electron chi connectivity index (χ3n) is 3.83. The maximum atomic E-state index is 4.77. The van der Waals surface area contributed by atoms with Crippen LogP contribution in [0.15, 0.2) is 29.4 Å². The Balaban J connectivity index is 1.86. The molecule has 4 nitrogen and oxygen atoms in total. The van der Waals surface area contributed by atoms with Crippen LogP contribution in [0.25, 0.3) is 11.0 Å². The summed E-state index contributed by atoms with van der Waals surface area (Å²) in [4.78, 5) is 9.69. The molecule has 20 heavy (non-hydrogen) atoms. The molecule has 0 bridgehead atoms. The molecule has 1 aromatic heterocycles. The van der Waals surface area contributed by atoms with Crippen molar-refractivity contribution in [3.05, 3.63) is 24.3 Å². The van der Waals surface area contributed by atoms with E-state index in [1.165, 1.54) is 5.52 Å². The minimum atomic E-state index is 0.955. The zero-order valence-corrected chi connectivity index (χ0v) is 13.1. The number of benzene rings is 1. The van der Waals surface area contributed by atoms with Crippen LogP contribution in [0.1, 0.15) is 6.92 Å². The average molecular weight is 290 g/mol. The van der Waals surface area contributed by atoms with E-state index >= 15 is 0 Å². The number of imidazole rings is 1. The summed E-state index contributed by atoms with van der Waals surface area (Å²) in [5.41, 5.74) is 2.36. The van der Waals surface area contributed by atoms with E-state index in [9.17, 15) is 0 Å². The van der Waals surface area contributed by atoms with Gasteiger partial charge in [-0.1, -0.05) is 30.8 Å². The van der Waals surface area contributed by atoms with Gasteiger partial charge >= 0.3 is 0 Å². The molecule has 1 fully saturated rings. The molecule has 0 saturated carbocycles. The molecule has 0 atom stereocenters. The van der Waals surface area contributed by atoms with Gasteiger partial charge in [0.15, 0.2) is 5.16 Å². The van der Waals surface area contributed by atoms with Gasteiger partial charge in [-0.3, -0.25) is 4.90 Å². The maximum Gasteiger partial charge on any atom is 0.170 e. The monoisotopic (exact) mass is 290 g/mol. The van der Waals surface area contributed by atoms with E-state index in [1.54, 1.807) is 0 Å². The van der Waals surface area contributed by atoms with Crippen LogP contribution >= 0.6 is 11.8 Å². The lowest BCUT2D eigenvalue weighted by molar-refractivity contribution is 0.123. The highest BCUT2D eigenvalue weighted by Crippen LogP contribution is 2.24. The van der Waals surface area contributed by atoms with Crippen LogP contribution in [0.4, 0.5) is 0 Å². The fourth-order valence-electron chi connectivity index (χ4n) is 2.62. The van der Waals surface area contributed by atoms with Crippen molar-refractivity contribution in [3.8, 4) is 0 Å². The molecule has 108 valence electrons. The predicted octanol–water partition coefficient (Wildman–Crippen LogP) is 2.35. The van der Waals surface area contributed by atoms with Gasteiger partial charge in [0.1, 0.15) is 0 Å². The fraction of sp³-hybridized carbons (Fsp3) is 0.533. The van der Waals surface area contributed by atoms with E-state index in [2.05, 4.69) is 52.6 Å². The molecule has 1 aliphatic rings. The largest absolute Gasteiger partial charge is 0.305 e. The van der Waals surface area contributed by atoms with Crippen molar-refractivity contribution >= 4 is 22.8 Å². The van der Waals surface area contributed by atoms with Gasteiger partial charge in [-0.25, -0.2) is 4.98 Å². The number of piperazine rings is 1. The van der Waals surface area contributed by atoms with Crippen molar-refractivity contribution in [2.45, 2.75) is 18.7 Å². The van der Waals surface area contributed by atoms with Crippen LogP contribution in [0, 0.1) is 0 Å². The van der Waals surface area contributed by atoms with E-state index in [0.29, 0.717) is 0 Å². The number of hydrogen-bond acceptors (Lipinski definition) is 4. The summed E-state index contributed by atoms with van der Waals surface area (Å²) < 4.78 is 2.37. The Kier molecular flexibility index (Phi) is 4.29. The number of likely N-dealkylation sites (N-methyl/N-ethyl adjacent to an activating group) is 1. The van der Waals surface area contributed by atoms with Gasteiger partial charge in [-0.15, -0.1) is 0 Å². The smallest absolute Gasteiger partial charge is 0.170 e. The van der Waals surface area contributed by atoms with Gasteiger partial charge < -0.3 is 9.47 Å². The molecule has 2 heterocycles. The van der Waals surface area contributed by atoms with Crippen LogP contribution in [0.3, 0.4) is 0 Å². The number of rotatable bonds is 4. The van der Waals surface area contributed by atoms with Gasteiger partial charge in [-0.05, 0) is 24.9 Å². The summed E-state index contributed by atoms with van der Waals surface area (Å²) in [5, 5.41) is 1.15. The Bertz CT molecular complexity index is 572. The van der Waals surface area contributed by atoms with E-state index in [4.69, 9.17) is 4.98 Å². The number of fused-ring (bicyclic) bond motifs is 1. The molecule has 1 aromatic carbocycles. The maximum absolute atomic E-state index is 4.77. The predicted molar refractivity (Wildman–Crippen MR) is 85.2 cm³/mol. The van der Waals surface area contributed by atoms with Gasteiger partial charge in [0, 0.05) is 26.2 Å². The van der Waals surface area contributed by atoms with Gasteiger partial charge in [-0.2, -0.15) is 0 Å². The summed E-state index contributed by atoms with van der Waals surface area (Å²) in [6.45, 7) is 7.73. The highest BCUT2D eigenvalue weighted by Gasteiger charge is 2.17. The summed E-state index contributed by atoms with van der Waals surface area (Å²) in [6, 6.07) is 8.45. The third kappa shape index (κ3) is 2.85. The molecule has 0 spiro atoms. The van der Waals surface area contributed by atoms with Crippen molar-refractivity contribution < 1.29 is 0 Å². The molecular weight excluding hydrogens is 268 g/mol. The molecule has 5 heteroatoms. The minimum Gasteiger partial charge on any atom is -0.305 e. The summed E-state index contributed by atoms with van der Waals surface area (Å²) in [5.74, 6) is 1.06. The van der Waals surface area contributed by atoms with E-state index < -0.39 is 0 Å². The number of para-hydroxylation sites is 2. The molecule has 0 unspecified atom stereocenters. The SMILES string of the molecule is CCSc1nc2ccccc2n1CN1CCN(C)CC1. The quantitative estimate of drug-likeness (QED) is 0.807. The lowest BCUT2D eigenvalue weighted by atomic mass is 10.3. The van der Waals surface area contributed by atoms with E-state index in [-0.39, 0.29) is 0 Å². The fourth-order valence-corrected chi connectivity index (χ4v) is 3.35. The summed E-state index contributed by atoms with van der Waals surface area (Å²) >= 11 is 1.83. The zero-order valence-electron chi connectivity index (χ0n) is 12.2. The van der Waals surface area contributed by atoms with Gasteiger partial charge in [0.2, 0.25) is 0 Å². The first-order chi connectivity index (χ1) is 9.78. The Labute approximate surface area is 124 Å². The first kappa shape index (κ1) is 13.9. The second-order valence-corrected chi connectivity index (χ2v) is 6.54. The summed E-state index contributed by atoms with van der Waals surface area (Å²) in [7, 11) is 2.20. The molecule has 2 aromatic rings. The molecule has 0 amide bonds. The van der Waals surface area contributed by atoms with Crippen molar-refractivity contribution in [1.82, 2.24) is 19.4 Å². The highest BCUT2D eigenvalue weighted by molar-refractivity contribution is 7.99. The average Bonchev–Trinajstić information content (AvgIpc) is 2.80. The second-order valence-electron chi connectivity index (χ2n) is 5.31. The molecule has 3 rings (SSSR count). The molecule has 0 radical (unpaired) electrons. The number of aromatic nitrogens is 2. The zero-order chi connectivity index (χ0) is 13.9. The van der Waals surface area contributed by atoms with E-state index in [0.717, 1.165) is 49.3 Å². The van der Waals surface area contributed by atoms with Crippen molar-refractivity contribution in [1.29, 1.82) is 0 Å². The van der Waals surface area contributed by atoms with Crippen LogP contribution in [0.5, 0.6) is 0 Å². The minimum absolute atomic E-state index is 0.955.